The third-order valence-electron chi connectivity index (χ3n) is 5.10. The van der Waals surface area contributed by atoms with E-state index < -0.39 is 10.0 Å². The summed E-state index contributed by atoms with van der Waals surface area (Å²) in [5.74, 6) is 0. The molecular formula is C17H27N5O3S. The molecule has 1 atom stereocenters. The lowest BCUT2D eigenvalue weighted by molar-refractivity contribution is 0.0783. The monoisotopic (exact) mass is 381 g/mol. The van der Waals surface area contributed by atoms with E-state index in [9.17, 15) is 8.42 Å². The molecular weight excluding hydrogens is 354 g/mol. The van der Waals surface area contributed by atoms with E-state index in [1.807, 2.05) is 14.0 Å². The predicted molar refractivity (Wildman–Crippen MR) is 99.5 cm³/mol. The molecule has 8 nitrogen and oxygen atoms in total. The molecule has 144 valence electrons. The van der Waals surface area contributed by atoms with Crippen LogP contribution in [0, 0.1) is 6.92 Å². The number of pyridine rings is 1. The Morgan fingerprint density at radius 3 is 2.81 bits per heavy atom. The molecule has 0 aliphatic carbocycles. The smallest absolute Gasteiger partial charge is 0.244 e. The van der Waals surface area contributed by atoms with Gasteiger partial charge in [-0.15, -0.1) is 0 Å². The summed E-state index contributed by atoms with van der Waals surface area (Å²) in [6.07, 6.45) is 2.34. The molecule has 2 aromatic rings. The zero-order valence-electron chi connectivity index (χ0n) is 15.8. The van der Waals surface area contributed by atoms with Crippen molar-refractivity contribution in [3.05, 3.63) is 18.0 Å². The average Bonchev–Trinajstić information content (AvgIpc) is 2.93. The zero-order valence-corrected chi connectivity index (χ0v) is 16.7. The van der Waals surface area contributed by atoms with Crippen LogP contribution in [-0.4, -0.2) is 78.3 Å². The van der Waals surface area contributed by atoms with E-state index in [2.05, 4.69) is 21.9 Å². The van der Waals surface area contributed by atoms with Gasteiger partial charge in [0.2, 0.25) is 10.0 Å². The number of ether oxygens (including phenoxy) is 1. The van der Waals surface area contributed by atoms with Crippen LogP contribution in [-0.2, 0) is 21.8 Å². The van der Waals surface area contributed by atoms with Gasteiger partial charge in [0.05, 0.1) is 12.3 Å². The number of hydrogen-bond acceptors (Lipinski definition) is 6. The quantitative estimate of drug-likeness (QED) is 0.743. The standard InChI is InChI=1S/C17H27N5O3S/c1-5-14-12-22(7-6-21(14)8-9-25-4)26(23,24)15-10-16-13(2)19-20(3)17(16)18-11-15/h10-11,14H,5-9,12H2,1-4H3/t14-/m1/s1. The van der Waals surface area contributed by atoms with Crippen molar-refractivity contribution >= 4 is 21.1 Å². The summed E-state index contributed by atoms with van der Waals surface area (Å²) >= 11 is 0. The van der Waals surface area contributed by atoms with Gasteiger partial charge in [-0.2, -0.15) is 9.40 Å². The minimum absolute atomic E-state index is 0.200. The number of aryl methyl sites for hydroxylation is 2. The van der Waals surface area contributed by atoms with E-state index in [0.29, 0.717) is 31.9 Å². The molecule has 0 spiro atoms. The number of fused-ring (bicyclic) bond motifs is 1. The van der Waals surface area contributed by atoms with Crippen molar-refractivity contribution in [2.24, 2.45) is 7.05 Å². The Morgan fingerprint density at radius 1 is 1.35 bits per heavy atom. The van der Waals surface area contributed by atoms with Crippen LogP contribution in [0.5, 0.6) is 0 Å². The molecule has 1 aliphatic rings. The summed E-state index contributed by atoms with van der Waals surface area (Å²) in [4.78, 5) is 6.87. The second-order valence-electron chi connectivity index (χ2n) is 6.71. The van der Waals surface area contributed by atoms with E-state index in [1.54, 1.807) is 22.2 Å². The summed E-state index contributed by atoms with van der Waals surface area (Å²) in [5, 5.41) is 5.09. The van der Waals surface area contributed by atoms with E-state index >= 15 is 0 Å². The van der Waals surface area contributed by atoms with Gasteiger partial charge in [0, 0.05) is 58.0 Å². The van der Waals surface area contributed by atoms with Crippen molar-refractivity contribution < 1.29 is 13.2 Å². The van der Waals surface area contributed by atoms with Gasteiger partial charge in [-0.1, -0.05) is 6.92 Å². The van der Waals surface area contributed by atoms with Crippen LogP contribution in [0.2, 0.25) is 0 Å². The topological polar surface area (TPSA) is 80.6 Å². The van der Waals surface area contributed by atoms with Crippen molar-refractivity contribution in [1.82, 2.24) is 24.0 Å². The maximum Gasteiger partial charge on any atom is 0.244 e. The fraction of sp³-hybridized carbons (Fsp3) is 0.647. The van der Waals surface area contributed by atoms with Crippen LogP contribution < -0.4 is 0 Å². The Labute approximate surface area is 154 Å². The number of aromatic nitrogens is 3. The molecule has 0 unspecified atom stereocenters. The number of rotatable bonds is 6. The molecule has 1 aliphatic heterocycles. The number of methoxy groups -OCH3 is 1. The number of piperazine rings is 1. The van der Waals surface area contributed by atoms with E-state index in [1.165, 1.54) is 6.20 Å². The molecule has 0 amide bonds. The highest BCUT2D eigenvalue weighted by Crippen LogP contribution is 2.24. The zero-order chi connectivity index (χ0) is 18.9. The highest BCUT2D eigenvalue weighted by Gasteiger charge is 2.33. The van der Waals surface area contributed by atoms with E-state index in [-0.39, 0.29) is 10.9 Å². The van der Waals surface area contributed by atoms with Crippen LogP contribution in [0.15, 0.2) is 17.2 Å². The highest BCUT2D eigenvalue weighted by atomic mass is 32.2. The van der Waals surface area contributed by atoms with Crippen molar-refractivity contribution in [2.45, 2.75) is 31.2 Å². The molecule has 0 radical (unpaired) electrons. The normalized spacial score (nSPS) is 20.1. The van der Waals surface area contributed by atoms with Crippen LogP contribution in [0.1, 0.15) is 19.0 Å². The highest BCUT2D eigenvalue weighted by molar-refractivity contribution is 7.89. The Bertz CT molecular complexity index is 880. The van der Waals surface area contributed by atoms with Crippen LogP contribution in [0.25, 0.3) is 11.0 Å². The molecule has 9 heteroatoms. The first-order valence-corrected chi connectivity index (χ1v) is 10.3. The number of nitrogens with zero attached hydrogens (tertiary/aromatic N) is 5. The van der Waals surface area contributed by atoms with E-state index in [4.69, 9.17) is 4.74 Å². The van der Waals surface area contributed by atoms with Crippen LogP contribution in [0.4, 0.5) is 0 Å². The minimum Gasteiger partial charge on any atom is -0.383 e. The predicted octanol–water partition coefficient (Wildman–Crippen LogP) is 1.01. The largest absolute Gasteiger partial charge is 0.383 e. The van der Waals surface area contributed by atoms with Gasteiger partial charge in [-0.05, 0) is 19.4 Å². The summed E-state index contributed by atoms with van der Waals surface area (Å²) in [6.45, 7) is 7.12. The summed E-state index contributed by atoms with van der Waals surface area (Å²) in [5.41, 5.74) is 1.47. The van der Waals surface area contributed by atoms with Crippen LogP contribution in [0.3, 0.4) is 0 Å². The summed E-state index contributed by atoms with van der Waals surface area (Å²) in [7, 11) is -0.0792. The first-order chi connectivity index (χ1) is 12.4. The fourth-order valence-corrected chi connectivity index (χ4v) is 4.99. The van der Waals surface area contributed by atoms with Gasteiger partial charge in [0.25, 0.3) is 0 Å². The molecule has 1 fully saturated rings. The SMILES string of the molecule is CC[C@@H]1CN(S(=O)(=O)c2cnc3c(c2)c(C)nn3C)CCN1CCOC. The lowest BCUT2D eigenvalue weighted by Gasteiger charge is -2.40. The first kappa shape index (κ1) is 19.2. The lowest BCUT2D eigenvalue weighted by atomic mass is 10.1. The van der Waals surface area contributed by atoms with Crippen molar-refractivity contribution in [3.63, 3.8) is 0 Å². The Morgan fingerprint density at radius 2 is 2.12 bits per heavy atom. The maximum absolute atomic E-state index is 13.1. The van der Waals surface area contributed by atoms with Gasteiger partial charge < -0.3 is 4.74 Å². The van der Waals surface area contributed by atoms with Gasteiger partial charge in [-0.25, -0.2) is 13.4 Å². The molecule has 2 aromatic heterocycles. The van der Waals surface area contributed by atoms with Crippen molar-refractivity contribution in [3.8, 4) is 0 Å². The number of sulfonamides is 1. The first-order valence-electron chi connectivity index (χ1n) is 8.91. The average molecular weight is 382 g/mol. The molecule has 0 saturated carbocycles. The summed E-state index contributed by atoms with van der Waals surface area (Å²) < 4.78 is 34.7. The second-order valence-corrected chi connectivity index (χ2v) is 8.64. The van der Waals surface area contributed by atoms with Crippen LogP contribution >= 0.6 is 0 Å². The van der Waals surface area contributed by atoms with Crippen molar-refractivity contribution in [2.75, 3.05) is 39.9 Å². The Balaban J connectivity index is 1.85. The molecule has 3 rings (SSSR count). The molecule has 0 aromatic carbocycles. The summed E-state index contributed by atoms with van der Waals surface area (Å²) in [6, 6.07) is 1.89. The fourth-order valence-electron chi connectivity index (χ4n) is 3.55. The van der Waals surface area contributed by atoms with Crippen molar-refractivity contribution in [1.29, 1.82) is 0 Å². The third-order valence-corrected chi connectivity index (χ3v) is 6.93. The molecule has 3 heterocycles. The second kappa shape index (κ2) is 7.59. The third kappa shape index (κ3) is 3.48. The van der Waals surface area contributed by atoms with E-state index in [0.717, 1.165) is 24.0 Å². The van der Waals surface area contributed by atoms with Gasteiger partial charge in [-0.3, -0.25) is 9.58 Å². The number of hydrogen-bond donors (Lipinski definition) is 0. The van der Waals surface area contributed by atoms with Gasteiger partial charge in [0.1, 0.15) is 4.90 Å². The Hall–Kier alpha value is -1.55. The lowest BCUT2D eigenvalue weighted by Crippen LogP contribution is -2.55. The van der Waals surface area contributed by atoms with Gasteiger partial charge >= 0.3 is 0 Å². The van der Waals surface area contributed by atoms with Gasteiger partial charge in [0.15, 0.2) is 5.65 Å². The maximum atomic E-state index is 13.1. The molecule has 1 saturated heterocycles. The molecule has 0 bridgehead atoms. The molecule has 0 N–H and O–H groups in total. The Kier molecular flexibility index (Phi) is 5.61. The minimum atomic E-state index is -3.57. The molecule has 26 heavy (non-hydrogen) atoms.